The topological polar surface area (TPSA) is 49.3 Å². The van der Waals surface area contributed by atoms with Gasteiger partial charge >= 0.3 is 0 Å². The predicted molar refractivity (Wildman–Crippen MR) is 62.6 cm³/mol. The van der Waals surface area contributed by atoms with Crippen LogP contribution in [0, 0.1) is 0 Å². The third kappa shape index (κ3) is 4.20. The Bertz CT molecular complexity index is 325. The van der Waals surface area contributed by atoms with Crippen molar-refractivity contribution in [2.45, 2.75) is 25.9 Å². The van der Waals surface area contributed by atoms with Crippen LogP contribution in [0.2, 0.25) is 5.02 Å². The maximum Gasteiger partial charge on any atom is 0.262 e. The summed E-state index contributed by atoms with van der Waals surface area (Å²) in [5.41, 5.74) is 0. The van der Waals surface area contributed by atoms with Crippen molar-refractivity contribution in [2.24, 2.45) is 0 Å². The summed E-state index contributed by atoms with van der Waals surface area (Å²) < 4.78 is 0. The molecule has 84 valence electrons. The fraction of sp³-hybridized carbons (Fsp3) is 0.500. The zero-order chi connectivity index (χ0) is 11.3. The Hall–Kier alpha value is -0.580. The molecular weight excluding hydrogens is 234 g/mol. The molecule has 0 aliphatic heterocycles. The molecule has 0 aromatic carbocycles. The maximum atomic E-state index is 11.5. The SMILES string of the molecule is CC(O)CCCNC(=O)c1sccc1Cl. The van der Waals surface area contributed by atoms with E-state index in [-0.39, 0.29) is 12.0 Å². The Balaban J connectivity index is 2.28. The number of hydrogen-bond acceptors (Lipinski definition) is 3. The maximum absolute atomic E-state index is 11.5. The largest absolute Gasteiger partial charge is 0.393 e. The van der Waals surface area contributed by atoms with Crippen molar-refractivity contribution >= 4 is 28.8 Å². The summed E-state index contributed by atoms with van der Waals surface area (Å²) in [6, 6.07) is 1.71. The molecule has 0 aliphatic rings. The van der Waals surface area contributed by atoms with Crippen molar-refractivity contribution in [1.82, 2.24) is 5.32 Å². The number of thiophene rings is 1. The van der Waals surface area contributed by atoms with Crippen LogP contribution >= 0.6 is 22.9 Å². The van der Waals surface area contributed by atoms with Crippen molar-refractivity contribution in [3.63, 3.8) is 0 Å². The number of nitrogens with one attached hydrogen (secondary N) is 1. The van der Waals surface area contributed by atoms with Crippen molar-refractivity contribution in [3.8, 4) is 0 Å². The minimum Gasteiger partial charge on any atom is -0.393 e. The first kappa shape index (κ1) is 12.5. The zero-order valence-electron chi connectivity index (χ0n) is 8.50. The Morgan fingerprint density at radius 1 is 1.73 bits per heavy atom. The van der Waals surface area contributed by atoms with Crippen LogP contribution in [-0.2, 0) is 0 Å². The Labute approximate surface area is 98.1 Å². The third-order valence-corrected chi connectivity index (χ3v) is 3.25. The van der Waals surface area contributed by atoms with Gasteiger partial charge in [-0.1, -0.05) is 11.6 Å². The first-order chi connectivity index (χ1) is 7.11. The van der Waals surface area contributed by atoms with E-state index in [1.165, 1.54) is 11.3 Å². The van der Waals surface area contributed by atoms with Crippen LogP contribution in [0.15, 0.2) is 11.4 Å². The van der Waals surface area contributed by atoms with E-state index < -0.39 is 0 Å². The van der Waals surface area contributed by atoms with Crippen LogP contribution in [0.25, 0.3) is 0 Å². The van der Waals surface area contributed by atoms with Crippen LogP contribution in [0.3, 0.4) is 0 Å². The van der Waals surface area contributed by atoms with Crippen molar-refractivity contribution < 1.29 is 9.90 Å². The fourth-order valence-electron chi connectivity index (χ4n) is 1.14. The van der Waals surface area contributed by atoms with E-state index in [1.807, 2.05) is 0 Å². The summed E-state index contributed by atoms with van der Waals surface area (Å²) in [7, 11) is 0. The van der Waals surface area contributed by atoms with Gasteiger partial charge in [0.1, 0.15) is 4.88 Å². The molecule has 0 saturated carbocycles. The molecule has 1 amide bonds. The minimum absolute atomic E-state index is 0.138. The number of rotatable bonds is 5. The summed E-state index contributed by atoms with van der Waals surface area (Å²) in [5, 5.41) is 14.0. The molecule has 0 fully saturated rings. The molecule has 0 aliphatic carbocycles. The minimum atomic E-state index is -0.313. The van der Waals surface area contributed by atoms with Crippen molar-refractivity contribution in [3.05, 3.63) is 21.3 Å². The van der Waals surface area contributed by atoms with Gasteiger partial charge in [-0.15, -0.1) is 11.3 Å². The van der Waals surface area contributed by atoms with E-state index in [4.69, 9.17) is 16.7 Å². The second-order valence-electron chi connectivity index (χ2n) is 3.34. The highest BCUT2D eigenvalue weighted by Gasteiger charge is 2.10. The van der Waals surface area contributed by atoms with Gasteiger partial charge in [-0.05, 0) is 31.2 Å². The van der Waals surface area contributed by atoms with Crippen LogP contribution < -0.4 is 5.32 Å². The van der Waals surface area contributed by atoms with E-state index in [0.29, 0.717) is 22.9 Å². The van der Waals surface area contributed by atoms with E-state index in [1.54, 1.807) is 18.4 Å². The highest BCUT2D eigenvalue weighted by atomic mass is 35.5. The van der Waals surface area contributed by atoms with E-state index in [2.05, 4.69) is 5.32 Å². The quantitative estimate of drug-likeness (QED) is 0.785. The second-order valence-corrected chi connectivity index (χ2v) is 4.67. The van der Waals surface area contributed by atoms with Crippen LogP contribution in [0.5, 0.6) is 0 Å². The van der Waals surface area contributed by atoms with Gasteiger partial charge in [-0.3, -0.25) is 4.79 Å². The molecule has 0 radical (unpaired) electrons. The lowest BCUT2D eigenvalue weighted by molar-refractivity contribution is 0.0954. The van der Waals surface area contributed by atoms with Gasteiger partial charge < -0.3 is 10.4 Å². The zero-order valence-corrected chi connectivity index (χ0v) is 10.1. The molecule has 3 nitrogen and oxygen atoms in total. The molecule has 1 heterocycles. The van der Waals surface area contributed by atoms with Gasteiger partial charge in [-0.25, -0.2) is 0 Å². The summed E-state index contributed by atoms with van der Waals surface area (Å²) in [6.07, 6.45) is 1.15. The van der Waals surface area contributed by atoms with Crippen LogP contribution in [-0.4, -0.2) is 23.7 Å². The van der Waals surface area contributed by atoms with E-state index >= 15 is 0 Å². The van der Waals surface area contributed by atoms with Crippen LogP contribution in [0.4, 0.5) is 0 Å². The molecule has 2 N–H and O–H groups in total. The van der Waals surface area contributed by atoms with Gasteiger partial charge in [0, 0.05) is 6.54 Å². The monoisotopic (exact) mass is 247 g/mol. The van der Waals surface area contributed by atoms with E-state index in [0.717, 1.165) is 6.42 Å². The summed E-state index contributed by atoms with van der Waals surface area (Å²) in [4.78, 5) is 12.1. The lowest BCUT2D eigenvalue weighted by Crippen LogP contribution is -2.24. The van der Waals surface area contributed by atoms with E-state index in [9.17, 15) is 4.79 Å². The molecule has 0 spiro atoms. The first-order valence-corrected chi connectivity index (χ1v) is 6.06. The second kappa shape index (κ2) is 6.10. The average molecular weight is 248 g/mol. The predicted octanol–water partition coefficient (Wildman–Crippen LogP) is 2.29. The third-order valence-electron chi connectivity index (χ3n) is 1.91. The normalized spacial score (nSPS) is 12.5. The number of amides is 1. The number of aliphatic hydroxyl groups is 1. The summed E-state index contributed by atoms with van der Waals surface area (Å²) >= 11 is 7.14. The number of carbonyl (C=O) groups is 1. The molecule has 0 saturated heterocycles. The highest BCUT2D eigenvalue weighted by Crippen LogP contribution is 2.21. The Morgan fingerprint density at radius 3 is 3.00 bits per heavy atom. The van der Waals surface area contributed by atoms with Gasteiger partial charge in [0.05, 0.1) is 11.1 Å². The van der Waals surface area contributed by atoms with Crippen LogP contribution in [0.1, 0.15) is 29.4 Å². The van der Waals surface area contributed by atoms with Crippen molar-refractivity contribution in [2.75, 3.05) is 6.54 Å². The molecule has 15 heavy (non-hydrogen) atoms. The molecular formula is C10H14ClNO2S. The van der Waals surface area contributed by atoms with Gasteiger partial charge in [0.25, 0.3) is 5.91 Å². The lowest BCUT2D eigenvalue weighted by Gasteiger charge is -2.05. The number of hydrogen-bond donors (Lipinski definition) is 2. The highest BCUT2D eigenvalue weighted by molar-refractivity contribution is 7.12. The number of carbonyl (C=O) groups excluding carboxylic acids is 1. The average Bonchev–Trinajstić information content (AvgIpc) is 2.58. The van der Waals surface area contributed by atoms with Gasteiger partial charge in [0.15, 0.2) is 0 Å². The molecule has 1 aromatic rings. The summed E-state index contributed by atoms with van der Waals surface area (Å²) in [5.74, 6) is -0.138. The standard InChI is InChI=1S/C10H14ClNO2S/c1-7(13)3-2-5-12-10(14)9-8(11)4-6-15-9/h4,6-7,13H,2-3,5H2,1H3,(H,12,14). The molecule has 1 unspecified atom stereocenters. The molecule has 0 bridgehead atoms. The molecule has 1 aromatic heterocycles. The number of halogens is 1. The molecule has 1 atom stereocenters. The summed E-state index contributed by atoms with van der Waals surface area (Å²) in [6.45, 7) is 2.30. The lowest BCUT2D eigenvalue weighted by atomic mass is 10.2. The van der Waals surface area contributed by atoms with Crippen molar-refractivity contribution in [1.29, 1.82) is 0 Å². The van der Waals surface area contributed by atoms with Gasteiger partial charge in [0.2, 0.25) is 0 Å². The Kier molecular flexibility index (Phi) is 5.08. The smallest absolute Gasteiger partial charge is 0.262 e. The fourth-order valence-corrected chi connectivity index (χ4v) is 2.19. The number of aliphatic hydroxyl groups excluding tert-OH is 1. The van der Waals surface area contributed by atoms with Gasteiger partial charge in [-0.2, -0.15) is 0 Å². The molecule has 5 heteroatoms. The first-order valence-electron chi connectivity index (χ1n) is 4.80. The molecule has 1 rings (SSSR count). The Morgan fingerprint density at radius 2 is 2.47 bits per heavy atom.